The van der Waals surface area contributed by atoms with Gasteiger partial charge in [0.25, 0.3) is 0 Å². The molecular formula is C38H34HfN2Si-2. The maximum absolute atomic E-state index is 3.51. The summed E-state index contributed by atoms with van der Waals surface area (Å²) in [5, 5.41) is 0. The van der Waals surface area contributed by atoms with Crippen molar-refractivity contribution in [2.45, 2.75) is 39.0 Å². The zero-order valence-corrected chi connectivity index (χ0v) is 29.2. The van der Waals surface area contributed by atoms with Gasteiger partial charge < -0.3 is 9.80 Å². The van der Waals surface area contributed by atoms with Crippen molar-refractivity contribution in [3.8, 4) is 0 Å². The van der Waals surface area contributed by atoms with Gasteiger partial charge in [-0.15, -0.1) is 23.3 Å². The van der Waals surface area contributed by atoms with E-state index in [2.05, 4.69) is 170 Å². The van der Waals surface area contributed by atoms with Crippen LogP contribution in [0.2, 0.25) is 13.1 Å². The van der Waals surface area contributed by atoms with Crippen molar-refractivity contribution in [1.29, 1.82) is 0 Å². The molecule has 2 unspecified atom stereocenters. The Morgan fingerprint density at radius 2 is 0.857 bits per heavy atom. The fourth-order valence-corrected chi connectivity index (χ4v) is 6.06. The molecule has 2 atom stereocenters. The molecular weight excluding hydrogens is 691 g/mol. The summed E-state index contributed by atoms with van der Waals surface area (Å²) in [5.74, 6) is 0. The molecule has 4 aromatic rings. The summed E-state index contributed by atoms with van der Waals surface area (Å²) in [5.41, 5.74) is 12.7. The molecule has 4 heteroatoms. The summed E-state index contributed by atoms with van der Waals surface area (Å²) in [6, 6.07) is 39.0. The normalized spacial score (nSPS) is 18.4. The van der Waals surface area contributed by atoms with Crippen molar-refractivity contribution in [2.75, 3.05) is 9.80 Å². The number of anilines is 4. The molecule has 2 nitrogen and oxygen atoms in total. The SMILES string of the molecule is CC1=CC2C(=[C-]1)c1ccccc1N2c1ccccc1.CC1=CC2C(=[C-]1)c1ccccc1N2c1ccccc1.C[Si]C.[Hf]. The summed E-state index contributed by atoms with van der Waals surface area (Å²) in [6.45, 7) is 8.55. The minimum Gasteiger partial charge on any atom is -0.354 e. The smallest absolute Gasteiger partial charge is 0.0400 e. The van der Waals surface area contributed by atoms with Crippen LogP contribution in [0.25, 0.3) is 11.1 Å². The van der Waals surface area contributed by atoms with Gasteiger partial charge in [-0.25, -0.2) is 0 Å². The summed E-state index contributed by atoms with van der Waals surface area (Å²) in [4.78, 5) is 4.79. The van der Waals surface area contributed by atoms with E-state index in [1.54, 1.807) is 0 Å². The minimum atomic E-state index is 0. The Morgan fingerprint density at radius 3 is 1.24 bits per heavy atom. The van der Waals surface area contributed by atoms with Crippen LogP contribution in [0.3, 0.4) is 0 Å². The molecule has 0 saturated carbocycles. The largest absolute Gasteiger partial charge is 0.354 e. The third-order valence-corrected chi connectivity index (χ3v) is 7.60. The quantitative estimate of drug-likeness (QED) is 0.150. The Kier molecular flexibility index (Phi) is 9.45. The van der Waals surface area contributed by atoms with E-state index in [9.17, 15) is 0 Å². The molecule has 0 bridgehead atoms. The summed E-state index contributed by atoms with van der Waals surface area (Å²) in [7, 11) is 1.08. The number of allylic oxidation sites excluding steroid dienone is 4. The third kappa shape index (κ3) is 5.63. The van der Waals surface area contributed by atoms with Gasteiger partial charge in [-0.05, 0) is 35.6 Å². The molecule has 0 aromatic heterocycles. The van der Waals surface area contributed by atoms with E-state index in [-0.39, 0.29) is 25.8 Å². The van der Waals surface area contributed by atoms with Crippen LogP contribution in [0.5, 0.6) is 0 Å². The average molecular weight is 725 g/mol. The zero-order chi connectivity index (χ0) is 28.3. The standard InChI is InChI=1S/2C18H14N.C2H6Si.Hf/c2*1-13-11-16-15-9-5-6-10-17(15)19(18(16)12-13)14-7-3-2-4-8-14;1-3-2;/h2*2-10,12,18H,1H3;1-2H3;/q2*-1;;. The number of para-hydroxylation sites is 4. The van der Waals surface area contributed by atoms with Crippen LogP contribution in [-0.2, 0) is 25.8 Å². The maximum atomic E-state index is 3.51. The van der Waals surface area contributed by atoms with E-state index >= 15 is 0 Å². The first-order chi connectivity index (χ1) is 20.1. The molecule has 8 rings (SSSR count). The van der Waals surface area contributed by atoms with Gasteiger partial charge in [-0.2, -0.15) is 35.5 Å². The molecule has 206 valence electrons. The molecule has 0 spiro atoms. The molecule has 0 saturated heterocycles. The second-order valence-corrected chi connectivity index (χ2v) is 11.6. The molecule has 2 heterocycles. The molecule has 2 aliphatic carbocycles. The molecule has 2 aliphatic heterocycles. The fourth-order valence-electron chi connectivity index (χ4n) is 6.06. The average Bonchev–Trinajstić information content (AvgIpc) is 3.72. The number of rotatable bonds is 2. The summed E-state index contributed by atoms with van der Waals surface area (Å²) >= 11 is 0. The van der Waals surface area contributed by atoms with E-state index in [1.165, 1.54) is 56.2 Å². The molecule has 0 N–H and O–H groups in total. The number of nitrogens with zero attached hydrogens (tertiary/aromatic N) is 2. The van der Waals surface area contributed by atoms with Crippen molar-refractivity contribution >= 4 is 43.4 Å². The Labute approximate surface area is 272 Å². The van der Waals surface area contributed by atoms with Gasteiger partial charge >= 0.3 is 0 Å². The van der Waals surface area contributed by atoms with E-state index in [0.717, 1.165) is 9.52 Å². The predicted octanol–water partition coefficient (Wildman–Crippen LogP) is 9.49. The van der Waals surface area contributed by atoms with Crippen LogP contribution >= 0.6 is 0 Å². The van der Waals surface area contributed by atoms with Crippen LogP contribution in [0.1, 0.15) is 25.0 Å². The predicted molar refractivity (Wildman–Crippen MR) is 176 cm³/mol. The fraction of sp³-hybridized carbons (Fsp3) is 0.158. The molecule has 0 fully saturated rings. The van der Waals surface area contributed by atoms with E-state index in [1.807, 2.05) is 0 Å². The molecule has 0 amide bonds. The Hall–Kier alpha value is -3.47. The zero-order valence-electron chi connectivity index (χ0n) is 24.6. The Balaban J connectivity index is 0.000000151. The van der Waals surface area contributed by atoms with Crippen molar-refractivity contribution < 1.29 is 25.8 Å². The van der Waals surface area contributed by atoms with Gasteiger partial charge in [0.1, 0.15) is 0 Å². The summed E-state index contributed by atoms with van der Waals surface area (Å²) in [6.07, 6.45) is 11.6. The van der Waals surface area contributed by atoms with Crippen molar-refractivity contribution in [3.63, 3.8) is 0 Å². The number of hydrogen-bond donors (Lipinski definition) is 0. The van der Waals surface area contributed by atoms with Crippen molar-refractivity contribution in [3.05, 3.63) is 156 Å². The third-order valence-electron chi connectivity index (χ3n) is 7.60. The van der Waals surface area contributed by atoms with E-state index in [0.29, 0.717) is 12.1 Å². The van der Waals surface area contributed by atoms with Crippen molar-refractivity contribution in [2.24, 2.45) is 0 Å². The van der Waals surface area contributed by atoms with Crippen LogP contribution < -0.4 is 9.80 Å². The van der Waals surface area contributed by atoms with Crippen LogP contribution in [0.15, 0.2) is 132 Å². The first kappa shape index (κ1) is 30.0. The van der Waals surface area contributed by atoms with Gasteiger partial charge in [0, 0.05) is 58.8 Å². The second kappa shape index (κ2) is 13.2. The van der Waals surface area contributed by atoms with Gasteiger partial charge in [0.2, 0.25) is 0 Å². The van der Waals surface area contributed by atoms with Crippen LogP contribution in [-0.4, -0.2) is 21.6 Å². The van der Waals surface area contributed by atoms with Gasteiger partial charge in [-0.1, -0.05) is 111 Å². The second-order valence-electron chi connectivity index (χ2n) is 10.6. The molecule has 4 aromatic carbocycles. The molecule has 4 aliphatic rings. The first-order valence-electron chi connectivity index (χ1n) is 14.2. The van der Waals surface area contributed by atoms with E-state index in [4.69, 9.17) is 0 Å². The molecule has 2 radical (unpaired) electrons. The number of benzene rings is 4. The number of fused-ring (bicyclic) bond motifs is 6. The maximum Gasteiger partial charge on any atom is 0.0400 e. The monoisotopic (exact) mass is 726 g/mol. The van der Waals surface area contributed by atoms with Gasteiger partial charge in [0.05, 0.1) is 0 Å². The van der Waals surface area contributed by atoms with Crippen LogP contribution in [0.4, 0.5) is 22.7 Å². The Bertz CT molecular complexity index is 1540. The first-order valence-corrected chi connectivity index (χ1v) is 16.2. The Morgan fingerprint density at radius 1 is 0.524 bits per heavy atom. The van der Waals surface area contributed by atoms with Gasteiger partial charge in [-0.3, -0.25) is 0 Å². The van der Waals surface area contributed by atoms with E-state index < -0.39 is 0 Å². The number of hydrogen-bond acceptors (Lipinski definition) is 2. The topological polar surface area (TPSA) is 6.48 Å². The minimum absolute atomic E-state index is 0. The summed E-state index contributed by atoms with van der Waals surface area (Å²) < 4.78 is 0. The van der Waals surface area contributed by atoms with Crippen LogP contribution in [0, 0.1) is 12.2 Å². The van der Waals surface area contributed by atoms with Gasteiger partial charge in [0.15, 0.2) is 0 Å². The van der Waals surface area contributed by atoms with Crippen molar-refractivity contribution in [1.82, 2.24) is 0 Å². The molecule has 42 heavy (non-hydrogen) atoms.